The fourth-order valence-electron chi connectivity index (χ4n) is 4.94. The molecule has 2 aliphatic heterocycles. The Labute approximate surface area is 186 Å². The first-order valence-electron chi connectivity index (χ1n) is 11.1. The molecule has 32 heavy (non-hydrogen) atoms. The highest BCUT2D eigenvalue weighted by Crippen LogP contribution is 2.39. The van der Waals surface area contributed by atoms with Gasteiger partial charge in [0.05, 0.1) is 18.4 Å². The largest absolute Gasteiger partial charge is 0.370 e. The first kappa shape index (κ1) is 22.2. The van der Waals surface area contributed by atoms with Crippen LogP contribution in [0.1, 0.15) is 54.6 Å². The summed E-state index contributed by atoms with van der Waals surface area (Å²) in [5, 5.41) is 2.75. The van der Waals surface area contributed by atoms with E-state index in [0.717, 1.165) is 50.9 Å². The van der Waals surface area contributed by atoms with E-state index in [2.05, 4.69) is 15.2 Å². The van der Waals surface area contributed by atoms with Crippen molar-refractivity contribution in [2.45, 2.75) is 44.1 Å². The first-order valence-corrected chi connectivity index (χ1v) is 11.1. The molecule has 0 unspecified atom stereocenters. The minimum atomic E-state index is -2.57. The topological polar surface area (TPSA) is 65.5 Å². The molecular weight excluding hydrogens is 414 g/mol. The van der Waals surface area contributed by atoms with Gasteiger partial charge in [0.15, 0.2) is 0 Å². The number of carbonyl (C=O) groups excluding carboxylic acids is 2. The van der Waals surface area contributed by atoms with Crippen LogP contribution in [0.3, 0.4) is 0 Å². The summed E-state index contributed by atoms with van der Waals surface area (Å²) in [6.45, 7) is 2.21. The molecule has 0 aliphatic carbocycles. The highest BCUT2D eigenvalue weighted by Gasteiger charge is 2.44. The molecule has 8 heteroatoms. The van der Waals surface area contributed by atoms with Gasteiger partial charge in [-0.3, -0.25) is 14.6 Å². The minimum absolute atomic E-state index is 0.0157. The zero-order valence-corrected chi connectivity index (χ0v) is 18.0. The lowest BCUT2D eigenvalue weighted by Crippen LogP contribution is -2.51. The van der Waals surface area contributed by atoms with Crippen LogP contribution in [-0.4, -0.2) is 53.4 Å². The SMILES string of the molecule is O=C(NCC(=O)N1CCC[C@@]12CCCN(c1ccc(C(F)F)nc1)CC2)c1ccccc1. The third kappa shape index (κ3) is 4.74. The number of benzene rings is 1. The Bertz CT molecular complexity index is 939. The number of nitrogens with one attached hydrogen (secondary N) is 1. The molecule has 1 aromatic heterocycles. The van der Waals surface area contributed by atoms with Crippen molar-refractivity contribution in [3.05, 3.63) is 59.9 Å². The summed E-state index contributed by atoms with van der Waals surface area (Å²) < 4.78 is 25.6. The van der Waals surface area contributed by atoms with E-state index < -0.39 is 6.43 Å². The summed E-state index contributed by atoms with van der Waals surface area (Å²) >= 11 is 0. The van der Waals surface area contributed by atoms with E-state index in [1.807, 2.05) is 11.0 Å². The zero-order chi connectivity index (χ0) is 22.6. The third-order valence-corrected chi connectivity index (χ3v) is 6.61. The predicted octanol–water partition coefficient (Wildman–Crippen LogP) is 3.80. The lowest BCUT2D eigenvalue weighted by molar-refractivity contribution is -0.134. The number of nitrogens with zero attached hydrogens (tertiary/aromatic N) is 3. The molecule has 3 heterocycles. The number of halogens is 2. The van der Waals surface area contributed by atoms with Crippen LogP contribution in [0.2, 0.25) is 0 Å². The Morgan fingerprint density at radius 3 is 2.44 bits per heavy atom. The second-order valence-corrected chi connectivity index (χ2v) is 8.50. The van der Waals surface area contributed by atoms with Crippen LogP contribution < -0.4 is 10.2 Å². The van der Waals surface area contributed by atoms with Crippen molar-refractivity contribution >= 4 is 17.5 Å². The fraction of sp³-hybridized carbons (Fsp3) is 0.458. The van der Waals surface area contributed by atoms with Crippen LogP contribution in [0.5, 0.6) is 0 Å². The number of likely N-dealkylation sites (tertiary alicyclic amines) is 1. The van der Waals surface area contributed by atoms with Crippen LogP contribution in [-0.2, 0) is 4.79 Å². The van der Waals surface area contributed by atoms with Gasteiger partial charge < -0.3 is 15.1 Å². The molecular formula is C24H28F2N4O2. The lowest BCUT2D eigenvalue weighted by atomic mass is 9.87. The minimum Gasteiger partial charge on any atom is -0.370 e. The summed E-state index contributed by atoms with van der Waals surface area (Å²) in [6, 6.07) is 11.9. The van der Waals surface area contributed by atoms with E-state index >= 15 is 0 Å². The first-order chi connectivity index (χ1) is 15.5. The normalized spacial score (nSPS) is 21.1. The quantitative estimate of drug-likeness (QED) is 0.765. The molecule has 1 aromatic carbocycles. The van der Waals surface area contributed by atoms with Gasteiger partial charge in [-0.25, -0.2) is 8.78 Å². The van der Waals surface area contributed by atoms with E-state index in [-0.39, 0.29) is 29.6 Å². The molecule has 2 fully saturated rings. The van der Waals surface area contributed by atoms with E-state index in [1.165, 1.54) is 12.3 Å². The summed E-state index contributed by atoms with van der Waals surface area (Å²) in [6.07, 6.45) is 3.43. The summed E-state index contributed by atoms with van der Waals surface area (Å²) in [4.78, 5) is 33.4. The molecule has 2 amide bonds. The van der Waals surface area contributed by atoms with E-state index in [1.54, 1.807) is 30.3 Å². The van der Waals surface area contributed by atoms with Crippen LogP contribution in [0.4, 0.5) is 14.5 Å². The molecule has 0 saturated carbocycles. The van der Waals surface area contributed by atoms with Gasteiger partial charge in [0, 0.05) is 30.7 Å². The smallest absolute Gasteiger partial charge is 0.280 e. The van der Waals surface area contributed by atoms with Crippen LogP contribution in [0, 0.1) is 0 Å². The van der Waals surface area contributed by atoms with Gasteiger partial charge >= 0.3 is 0 Å². The molecule has 6 nitrogen and oxygen atoms in total. The van der Waals surface area contributed by atoms with E-state index in [4.69, 9.17) is 0 Å². The summed E-state index contributed by atoms with van der Waals surface area (Å²) in [5.41, 5.74) is 0.940. The number of amides is 2. The number of hydrogen-bond acceptors (Lipinski definition) is 4. The van der Waals surface area contributed by atoms with E-state index in [9.17, 15) is 18.4 Å². The average Bonchev–Trinajstić information content (AvgIpc) is 3.11. The maximum Gasteiger partial charge on any atom is 0.280 e. The monoisotopic (exact) mass is 442 g/mol. The highest BCUT2D eigenvalue weighted by molar-refractivity contribution is 5.96. The molecule has 1 N–H and O–H groups in total. The zero-order valence-electron chi connectivity index (χ0n) is 18.0. The van der Waals surface area contributed by atoms with Gasteiger partial charge in [0.25, 0.3) is 12.3 Å². The summed E-state index contributed by atoms with van der Waals surface area (Å²) in [5.74, 6) is -0.304. The van der Waals surface area contributed by atoms with Gasteiger partial charge in [-0.15, -0.1) is 0 Å². The van der Waals surface area contributed by atoms with Gasteiger partial charge in [0.1, 0.15) is 5.69 Å². The van der Waals surface area contributed by atoms with Crippen molar-refractivity contribution in [1.82, 2.24) is 15.2 Å². The predicted molar refractivity (Wildman–Crippen MR) is 118 cm³/mol. The van der Waals surface area contributed by atoms with Crippen molar-refractivity contribution < 1.29 is 18.4 Å². The van der Waals surface area contributed by atoms with Crippen molar-refractivity contribution in [2.75, 3.05) is 31.1 Å². The number of hydrogen-bond donors (Lipinski definition) is 1. The number of anilines is 1. The third-order valence-electron chi connectivity index (χ3n) is 6.61. The van der Waals surface area contributed by atoms with Gasteiger partial charge in [0.2, 0.25) is 5.91 Å². The Morgan fingerprint density at radius 1 is 1.00 bits per heavy atom. The molecule has 2 aliphatic rings. The maximum absolute atomic E-state index is 13.0. The van der Waals surface area contributed by atoms with Crippen molar-refractivity contribution in [3.8, 4) is 0 Å². The summed E-state index contributed by atoms with van der Waals surface area (Å²) in [7, 11) is 0. The fourth-order valence-corrected chi connectivity index (χ4v) is 4.94. The Balaban J connectivity index is 1.38. The van der Waals surface area contributed by atoms with Crippen molar-refractivity contribution in [3.63, 3.8) is 0 Å². The molecule has 170 valence electrons. The van der Waals surface area contributed by atoms with Crippen molar-refractivity contribution in [1.29, 1.82) is 0 Å². The molecule has 0 bridgehead atoms. The Hall–Kier alpha value is -3.03. The van der Waals surface area contributed by atoms with Crippen LogP contribution >= 0.6 is 0 Å². The second kappa shape index (κ2) is 9.63. The molecule has 4 rings (SSSR count). The number of alkyl halides is 2. The number of carbonyl (C=O) groups is 2. The van der Waals surface area contributed by atoms with Gasteiger partial charge in [-0.05, 0) is 56.4 Å². The molecule has 0 radical (unpaired) electrons. The van der Waals surface area contributed by atoms with E-state index in [0.29, 0.717) is 12.1 Å². The molecule has 2 saturated heterocycles. The number of pyridine rings is 1. The lowest BCUT2D eigenvalue weighted by Gasteiger charge is -2.38. The average molecular weight is 443 g/mol. The van der Waals surface area contributed by atoms with Gasteiger partial charge in [-0.2, -0.15) is 0 Å². The maximum atomic E-state index is 13.0. The Morgan fingerprint density at radius 2 is 1.75 bits per heavy atom. The molecule has 1 spiro atoms. The standard InChI is InChI=1S/C24H28F2N4O2/c25-22(26)20-9-8-19(16-27-20)29-13-4-10-24(12-15-29)11-5-14-30(24)21(31)17-28-23(32)18-6-2-1-3-7-18/h1-3,6-9,16,22H,4-5,10-15,17H2,(H,28,32)/t24-/m1/s1. The number of rotatable bonds is 5. The second-order valence-electron chi connectivity index (χ2n) is 8.50. The van der Waals surface area contributed by atoms with Crippen LogP contribution in [0.25, 0.3) is 0 Å². The Kier molecular flexibility index (Phi) is 6.67. The van der Waals surface area contributed by atoms with Crippen LogP contribution in [0.15, 0.2) is 48.7 Å². The van der Waals surface area contributed by atoms with Crippen molar-refractivity contribution in [2.24, 2.45) is 0 Å². The number of aromatic nitrogens is 1. The van der Waals surface area contributed by atoms with Gasteiger partial charge in [-0.1, -0.05) is 18.2 Å². The molecule has 2 aromatic rings. The highest BCUT2D eigenvalue weighted by atomic mass is 19.3. The molecule has 1 atom stereocenters.